The molecule has 0 aliphatic carbocycles. The number of imide groups is 1. The van der Waals surface area contributed by atoms with Crippen LogP contribution in [0.1, 0.15) is 24.5 Å². The topological polar surface area (TPSA) is 75.7 Å². The first-order chi connectivity index (χ1) is 9.65. The molecule has 0 bridgehead atoms. The van der Waals surface area contributed by atoms with Gasteiger partial charge in [0.05, 0.1) is 6.54 Å². The van der Waals surface area contributed by atoms with Crippen LogP contribution < -0.4 is 56.7 Å². The van der Waals surface area contributed by atoms with E-state index in [0.717, 1.165) is 5.56 Å². The van der Waals surface area contributed by atoms with E-state index >= 15 is 0 Å². The Morgan fingerprint density at radius 1 is 1.24 bits per heavy atom. The number of rotatable bonds is 2. The van der Waals surface area contributed by atoms with Gasteiger partial charge in [-0.2, -0.15) is 30.3 Å². The molecular weight excluding hydrogens is 299 g/mol. The molecule has 2 aliphatic heterocycles. The van der Waals surface area contributed by atoms with Crippen molar-refractivity contribution in [1.29, 1.82) is 0 Å². The van der Waals surface area contributed by atoms with E-state index in [4.69, 9.17) is 4.74 Å². The molecule has 6 nitrogen and oxygen atoms in total. The van der Waals surface area contributed by atoms with Crippen LogP contribution in [0.5, 0.6) is 0 Å². The molecular formula is C14H13KN2O4. The van der Waals surface area contributed by atoms with E-state index in [1.54, 1.807) is 12.1 Å². The second kappa shape index (κ2) is 7.02. The van der Waals surface area contributed by atoms with Crippen molar-refractivity contribution < 1.29 is 70.5 Å². The second-order valence-electron chi connectivity index (χ2n) is 4.82. The van der Waals surface area contributed by atoms with Gasteiger partial charge in [-0.15, -0.1) is 5.56 Å². The minimum absolute atomic E-state index is 0. The van der Waals surface area contributed by atoms with Gasteiger partial charge in [-0.25, -0.2) is 4.79 Å². The molecule has 0 aromatic heterocycles. The number of carbonyl (C=O) groups excluding carboxylic acids is 3. The number of ether oxygens (including phenoxy) is 1. The molecule has 21 heavy (non-hydrogen) atoms. The third kappa shape index (κ3) is 3.54. The summed E-state index contributed by atoms with van der Waals surface area (Å²) in [6, 6.07) is 9.42. The van der Waals surface area contributed by atoms with Crippen molar-refractivity contribution in [2.75, 3.05) is 6.54 Å². The largest absolute Gasteiger partial charge is 1.00 e. The number of nitrogens with one attached hydrogen (secondary N) is 1. The Labute approximate surface area is 164 Å². The molecule has 2 saturated heterocycles. The van der Waals surface area contributed by atoms with Crippen LogP contribution in [0.2, 0.25) is 0 Å². The normalized spacial score (nSPS) is 25.1. The monoisotopic (exact) mass is 312 g/mol. The van der Waals surface area contributed by atoms with Gasteiger partial charge < -0.3 is 4.74 Å². The molecule has 1 aromatic carbocycles. The van der Waals surface area contributed by atoms with Crippen molar-refractivity contribution in [2.45, 2.75) is 25.0 Å². The molecule has 0 saturated carbocycles. The molecule has 2 aliphatic rings. The van der Waals surface area contributed by atoms with Gasteiger partial charge in [-0.1, -0.05) is 0 Å². The molecule has 3 rings (SSSR count). The van der Waals surface area contributed by atoms with E-state index < -0.39 is 18.0 Å². The standard InChI is InChI=1S/C14H13N2O4.K/c17-12-7-6-10(13(18)15-12)16-8-11(20-14(16)19)9-4-2-1-3-5-9;/h2-5,10-11H,6-8H2,(H,15,17,18);/q-1;+1. The minimum Gasteiger partial charge on any atom is -0.442 e. The molecule has 0 radical (unpaired) electrons. The summed E-state index contributed by atoms with van der Waals surface area (Å²) in [6.45, 7) is 0.315. The SMILES string of the molecule is O=C1CCC(N2CC(c3cc[c-]cc3)OC2=O)C(=O)N1.[K+]. The molecule has 3 amide bonds. The molecule has 2 fully saturated rings. The van der Waals surface area contributed by atoms with Crippen LogP contribution >= 0.6 is 0 Å². The summed E-state index contributed by atoms with van der Waals surface area (Å²) in [5.74, 6) is -0.728. The van der Waals surface area contributed by atoms with E-state index in [-0.39, 0.29) is 69.8 Å². The maximum absolute atomic E-state index is 11.9. The number of nitrogens with zero attached hydrogens (tertiary/aromatic N) is 1. The zero-order valence-electron chi connectivity index (χ0n) is 11.7. The molecule has 1 N–H and O–H groups in total. The molecule has 1 aromatic rings. The first-order valence-corrected chi connectivity index (χ1v) is 6.42. The summed E-state index contributed by atoms with van der Waals surface area (Å²) in [6.07, 6.45) is -0.319. The summed E-state index contributed by atoms with van der Waals surface area (Å²) in [5, 5.41) is 2.25. The fourth-order valence-electron chi connectivity index (χ4n) is 2.50. The van der Waals surface area contributed by atoms with E-state index in [1.807, 2.05) is 12.1 Å². The molecule has 2 heterocycles. The zero-order valence-corrected chi connectivity index (χ0v) is 14.8. The Bertz CT molecular complexity index is 563. The van der Waals surface area contributed by atoms with Gasteiger partial charge in [0.25, 0.3) is 0 Å². The van der Waals surface area contributed by atoms with Gasteiger partial charge in [0.2, 0.25) is 11.8 Å². The van der Waals surface area contributed by atoms with Gasteiger partial charge >= 0.3 is 57.5 Å². The number of hydrogen-bond donors (Lipinski definition) is 1. The smallest absolute Gasteiger partial charge is 0.442 e. The summed E-state index contributed by atoms with van der Waals surface area (Å²) in [4.78, 5) is 36.2. The molecule has 7 heteroatoms. The summed E-state index contributed by atoms with van der Waals surface area (Å²) in [7, 11) is 0. The quantitative estimate of drug-likeness (QED) is 0.382. The van der Waals surface area contributed by atoms with Crippen molar-refractivity contribution in [3.8, 4) is 0 Å². The van der Waals surface area contributed by atoms with E-state index in [1.165, 1.54) is 4.90 Å². The fraction of sp³-hybridized carbons (Fsp3) is 0.357. The van der Waals surface area contributed by atoms with E-state index in [2.05, 4.69) is 11.4 Å². The summed E-state index contributed by atoms with van der Waals surface area (Å²) >= 11 is 0. The molecule has 104 valence electrons. The van der Waals surface area contributed by atoms with Crippen molar-refractivity contribution >= 4 is 17.9 Å². The first kappa shape index (κ1) is 16.6. The number of amides is 3. The van der Waals surface area contributed by atoms with Gasteiger partial charge in [0.15, 0.2) is 0 Å². The van der Waals surface area contributed by atoms with Gasteiger partial charge in [-0.05, 0) is 6.42 Å². The number of hydrogen-bond acceptors (Lipinski definition) is 4. The average molecular weight is 312 g/mol. The van der Waals surface area contributed by atoms with E-state index in [0.29, 0.717) is 13.0 Å². The van der Waals surface area contributed by atoms with Crippen molar-refractivity contribution in [1.82, 2.24) is 10.2 Å². The third-order valence-electron chi connectivity index (χ3n) is 3.54. The van der Waals surface area contributed by atoms with Crippen LogP contribution in [0.4, 0.5) is 4.79 Å². The Kier molecular flexibility index (Phi) is 5.56. The van der Waals surface area contributed by atoms with Crippen LogP contribution in [0, 0.1) is 6.07 Å². The van der Waals surface area contributed by atoms with Crippen LogP contribution in [-0.4, -0.2) is 35.4 Å². The minimum atomic E-state index is -0.625. The number of cyclic esters (lactones) is 1. The van der Waals surface area contributed by atoms with Crippen molar-refractivity contribution in [2.24, 2.45) is 0 Å². The van der Waals surface area contributed by atoms with E-state index in [9.17, 15) is 14.4 Å². The van der Waals surface area contributed by atoms with Crippen LogP contribution in [0.3, 0.4) is 0 Å². The van der Waals surface area contributed by atoms with Crippen molar-refractivity contribution in [3.05, 3.63) is 35.9 Å². The van der Waals surface area contributed by atoms with Gasteiger partial charge in [0.1, 0.15) is 12.1 Å². The van der Waals surface area contributed by atoms with Crippen LogP contribution in [-0.2, 0) is 14.3 Å². The second-order valence-corrected chi connectivity index (χ2v) is 4.82. The predicted octanol–water partition coefficient (Wildman–Crippen LogP) is -2.21. The fourth-order valence-corrected chi connectivity index (χ4v) is 2.50. The van der Waals surface area contributed by atoms with Crippen molar-refractivity contribution in [3.63, 3.8) is 0 Å². The summed E-state index contributed by atoms with van der Waals surface area (Å²) in [5.41, 5.74) is 0.867. The number of piperidine rings is 1. The summed E-state index contributed by atoms with van der Waals surface area (Å²) < 4.78 is 5.30. The third-order valence-corrected chi connectivity index (χ3v) is 3.54. The zero-order chi connectivity index (χ0) is 14.1. The van der Waals surface area contributed by atoms with Gasteiger partial charge in [-0.3, -0.25) is 19.8 Å². The van der Waals surface area contributed by atoms with Gasteiger partial charge in [0, 0.05) is 6.42 Å². The maximum atomic E-state index is 11.9. The Balaban J connectivity index is 0.00000161. The maximum Gasteiger partial charge on any atom is 1.00 e. The first-order valence-electron chi connectivity index (χ1n) is 6.42. The molecule has 0 spiro atoms. The Morgan fingerprint density at radius 2 is 1.95 bits per heavy atom. The predicted molar refractivity (Wildman–Crippen MR) is 67.4 cm³/mol. The Morgan fingerprint density at radius 3 is 2.62 bits per heavy atom. The van der Waals surface area contributed by atoms with Crippen LogP contribution in [0.25, 0.3) is 0 Å². The molecule has 2 atom stereocenters. The van der Waals surface area contributed by atoms with Crippen LogP contribution in [0.15, 0.2) is 24.3 Å². The molecule has 2 unspecified atom stereocenters. The Hall–Kier alpha value is -0.734. The number of carbonyl (C=O) groups is 3. The number of benzene rings is 1. The average Bonchev–Trinajstić information content (AvgIpc) is 2.82.